The molecule has 0 aliphatic carbocycles. The van der Waals surface area contributed by atoms with E-state index in [1.54, 1.807) is 6.07 Å². The van der Waals surface area contributed by atoms with Crippen LogP contribution in [0.4, 0.5) is 5.69 Å². The number of ether oxygens (including phenoxy) is 2. The lowest BCUT2D eigenvalue weighted by molar-refractivity contribution is -0.385. The molecule has 0 fully saturated rings. The zero-order valence-electron chi connectivity index (χ0n) is 14.8. The molecule has 1 atom stereocenters. The Balaban J connectivity index is 1.83. The molecule has 7 heteroatoms. The zero-order chi connectivity index (χ0) is 18.9. The van der Waals surface area contributed by atoms with E-state index in [1.807, 2.05) is 37.3 Å². The van der Waals surface area contributed by atoms with Crippen molar-refractivity contribution in [3.05, 3.63) is 64.2 Å². The van der Waals surface area contributed by atoms with Gasteiger partial charge in [-0.15, -0.1) is 0 Å². The molecule has 2 rings (SSSR count). The van der Waals surface area contributed by atoms with Crippen LogP contribution in [-0.4, -0.2) is 30.6 Å². The number of amides is 1. The average Bonchev–Trinajstić information content (AvgIpc) is 2.65. The van der Waals surface area contributed by atoms with E-state index in [2.05, 4.69) is 5.32 Å². The second kappa shape index (κ2) is 9.41. The van der Waals surface area contributed by atoms with Gasteiger partial charge >= 0.3 is 5.69 Å². The van der Waals surface area contributed by atoms with E-state index in [-0.39, 0.29) is 30.0 Å². The first-order chi connectivity index (χ1) is 12.5. The Morgan fingerprint density at radius 1 is 1.23 bits per heavy atom. The Hall–Kier alpha value is -3.09. The maximum absolute atomic E-state index is 12.0. The third-order valence-corrected chi connectivity index (χ3v) is 3.84. The van der Waals surface area contributed by atoms with Gasteiger partial charge in [-0.05, 0) is 37.5 Å². The number of rotatable bonds is 9. The molecular formula is C19H22N2O5. The van der Waals surface area contributed by atoms with Gasteiger partial charge in [-0.2, -0.15) is 0 Å². The van der Waals surface area contributed by atoms with E-state index >= 15 is 0 Å². The molecule has 1 N–H and O–H groups in total. The summed E-state index contributed by atoms with van der Waals surface area (Å²) in [7, 11) is 1.42. The van der Waals surface area contributed by atoms with Crippen molar-refractivity contribution in [1.29, 1.82) is 0 Å². The van der Waals surface area contributed by atoms with Crippen LogP contribution in [-0.2, 0) is 11.2 Å². The van der Waals surface area contributed by atoms with Crippen molar-refractivity contribution in [3.8, 4) is 11.5 Å². The fourth-order valence-corrected chi connectivity index (χ4v) is 2.45. The maximum Gasteiger partial charge on any atom is 0.314 e. The van der Waals surface area contributed by atoms with Crippen LogP contribution in [0.5, 0.6) is 11.5 Å². The van der Waals surface area contributed by atoms with Crippen molar-refractivity contribution in [3.63, 3.8) is 0 Å². The molecule has 0 bridgehead atoms. The minimum atomic E-state index is -0.571. The number of methoxy groups -OCH3 is 1. The van der Waals surface area contributed by atoms with E-state index in [0.29, 0.717) is 5.75 Å². The topological polar surface area (TPSA) is 90.7 Å². The molecule has 0 saturated heterocycles. The van der Waals surface area contributed by atoms with Crippen molar-refractivity contribution in [2.24, 2.45) is 0 Å². The number of nitro benzene ring substituents is 1. The largest absolute Gasteiger partial charge is 0.496 e. The summed E-state index contributed by atoms with van der Waals surface area (Å²) in [4.78, 5) is 22.5. The zero-order valence-corrected chi connectivity index (χ0v) is 14.8. The number of aryl methyl sites for hydroxylation is 1. The molecule has 0 unspecified atom stereocenters. The molecule has 0 radical (unpaired) electrons. The summed E-state index contributed by atoms with van der Waals surface area (Å²) in [5, 5.41) is 13.9. The molecule has 7 nitrogen and oxygen atoms in total. The summed E-state index contributed by atoms with van der Waals surface area (Å²) < 4.78 is 10.3. The summed E-state index contributed by atoms with van der Waals surface area (Å²) in [5.41, 5.74) is 0.966. The number of carbonyl (C=O) groups is 1. The second-order valence-corrected chi connectivity index (χ2v) is 5.87. The number of carbonyl (C=O) groups excluding carboxylic acids is 1. The minimum absolute atomic E-state index is 0.0304. The Morgan fingerprint density at radius 3 is 2.62 bits per heavy atom. The first-order valence-electron chi connectivity index (χ1n) is 8.28. The number of nitrogens with one attached hydrogen (secondary N) is 1. The number of nitrogens with zero attached hydrogens (tertiary/aromatic N) is 1. The lowest BCUT2D eigenvalue weighted by Gasteiger charge is -2.14. The quantitative estimate of drug-likeness (QED) is 0.549. The second-order valence-electron chi connectivity index (χ2n) is 5.87. The van der Waals surface area contributed by atoms with Gasteiger partial charge in [0.05, 0.1) is 18.1 Å². The number of hydrogen-bond donors (Lipinski definition) is 1. The van der Waals surface area contributed by atoms with Gasteiger partial charge in [0, 0.05) is 6.04 Å². The van der Waals surface area contributed by atoms with E-state index in [9.17, 15) is 14.9 Å². The summed E-state index contributed by atoms with van der Waals surface area (Å²) in [6, 6.07) is 14.2. The summed E-state index contributed by atoms with van der Waals surface area (Å²) in [6.07, 6.45) is 1.64. The van der Waals surface area contributed by atoms with E-state index in [0.717, 1.165) is 12.8 Å². The molecule has 138 valence electrons. The van der Waals surface area contributed by atoms with Crippen molar-refractivity contribution < 1.29 is 19.2 Å². The maximum atomic E-state index is 12.0. The summed E-state index contributed by atoms with van der Waals surface area (Å²) in [6.45, 7) is 1.62. The van der Waals surface area contributed by atoms with Crippen LogP contribution >= 0.6 is 0 Å². The molecule has 0 aliphatic rings. The van der Waals surface area contributed by atoms with E-state index in [1.165, 1.54) is 24.8 Å². The van der Waals surface area contributed by atoms with Gasteiger partial charge in [-0.3, -0.25) is 14.9 Å². The minimum Gasteiger partial charge on any atom is -0.496 e. The number of hydrogen-bond acceptors (Lipinski definition) is 5. The highest BCUT2D eigenvalue weighted by atomic mass is 16.6. The van der Waals surface area contributed by atoms with Crippen molar-refractivity contribution in [1.82, 2.24) is 5.32 Å². The molecule has 26 heavy (non-hydrogen) atoms. The molecule has 0 spiro atoms. The standard InChI is InChI=1S/C19H22N2O5/c1-14(8-9-15-6-4-3-5-7-15)20-19(22)13-26-18-11-10-16(25-2)12-17(18)21(23)24/h3-7,10-12,14H,8-9,13H2,1-2H3,(H,20,22)/t14-/m0/s1. The average molecular weight is 358 g/mol. The lowest BCUT2D eigenvalue weighted by Crippen LogP contribution is -2.36. The normalized spacial score (nSPS) is 11.5. The fraction of sp³-hybridized carbons (Fsp3) is 0.316. The van der Waals surface area contributed by atoms with Crippen LogP contribution in [0, 0.1) is 10.1 Å². The fourth-order valence-electron chi connectivity index (χ4n) is 2.45. The molecule has 2 aromatic rings. The van der Waals surface area contributed by atoms with Gasteiger partial charge in [0.25, 0.3) is 5.91 Å². The van der Waals surface area contributed by atoms with E-state index < -0.39 is 4.92 Å². The molecular weight excluding hydrogens is 336 g/mol. The van der Waals surface area contributed by atoms with Gasteiger partial charge in [-0.25, -0.2) is 0 Å². The van der Waals surface area contributed by atoms with Gasteiger partial charge in [0.15, 0.2) is 12.4 Å². The first-order valence-corrected chi connectivity index (χ1v) is 8.28. The van der Waals surface area contributed by atoms with Gasteiger partial charge < -0.3 is 14.8 Å². The first kappa shape index (κ1) is 19.2. The van der Waals surface area contributed by atoms with Crippen molar-refractivity contribution >= 4 is 11.6 Å². The Bertz CT molecular complexity index is 749. The van der Waals surface area contributed by atoms with Gasteiger partial charge in [0.1, 0.15) is 5.75 Å². The monoisotopic (exact) mass is 358 g/mol. The number of nitro groups is 1. The third-order valence-electron chi connectivity index (χ3n) is 3.84. The van der Waals surface area contributed by atoms with Crippen LogP contribution in [0.1, 0.15) is 18.9 Å². The summed E-state index contributed by atoms with van der Waals surface area (Å²) in [5.74, 6) is 0.0570. The lowest BCUT2D eigenvalue weighted by atomic mass is 10.1. The van der Waals surface area contributed by atoms with Crippen LogP contribution in [0.25, 0.3) is 0 Å². The molecule has 0 saturated carbocycles. The van der Waals surface area contributed by atoms with Gasteiger partial charge in [-0.1, -0.05) is 30.3 Å². The molecule has 0 aromatic heterocycles. The predicted molar refractivity (Wildman–Crippen MR) is 97.5 cm³/mol. The third kappa shape index (κ3) is 5.77. The Labute approximate surface area is 152 Å². The van der Waals surface area contributed by atoms with Crippen molar-refractivity contribution in [2.75, 3.05) is 13.7 Å². The van der Waals surface area contributed by atoms with Crippen LogP contribution in [0.2, 0.25) is 0 Å². The van der Waals surface area contributed by atoms with Crippen LogP contribution in [0.3, 0.4) is 0 Å². The molecule has 1 amide bonds. The molecule has 2 aromatic carbocycles. The predicted octanol–water partition coefficient (Wildman–Crippen LogP) is 3.12. The number of benzene rings is 2. The van der Waals surface area contributed by atoms with Gasteiger partial charge in [0.2, 0.25) is 0 Å². The highest BCUT2D eigenvalue weighted by Gasteiger charge is 2.18. The molecule has 0 heterocycles. The smallest absolute Gasteiger partial charge is 0.314 e. The summed E-state index contributed by atoms with van der Waals surface area (Å²) >= 11 is 0. The van der Waals surface area contributed by atoms with Crippen molar-refractivity contribution in [2.45, 2.75) is 25.8 Å². The SMILES string of the molecule is COc1ccc(OCC(=O)N[C@@H](C)CCc2ccccc2)c([N+](=O)[O-])c1. The van der Waals surface area contributed by atoms with Crippen LogP contribution in [0.15, 0.2) is 48.5 Å². The Morgan fingerprint density at radius 2 is 1.96 bits per heavy atom. The highest BCUT2D eigenvalue weighted by molar-refractivity contribution is 5.78. The molecule has 0 aliphatic heterocycles. The van der Waals surface area contributed by atoms with Crippen LogP contribution < -0.4 is 14.8 Å². The Kier molecular flexibility index (Phi) is 6.96. The van der Waals surface area contributed by atoms with E-state index in [4.69, 9.17) is 9.47 Å². The highest BCUT2D eigenvalue weighted by Crippen LogP contribution is 2.30.